The minimum atomic E-state index is -0.185. The minimum absolute atomic E-state index is 0.0225. The number of unbranched alkanes of at least 4 members (excludes halogenated alkanes) is 1. The Kier molecular flexibility index (Phi) is 6.88. The van der Waals surface area contributed by atoms with Crippen LogP contribution in [0.1, 0.15) is 46.9 Å². The predicted molar refractivity (Wildman–Crippen MR) is 84.3 cm³/mol. The van der Waals surface area contributed by atoms with Crippen LogP contribution in [0.2, 0.25) is 0 Å². The number of rotatable bonds is 7. The lowest BCUT2D eigenvalue weighted by molar-refractivity contribution is 0.0827. The van der Waals surface area contributed by atoms with Crippen molar-refractivity contribution in [2.75, 3.05) is 20.6 Å². The van der Waals surface area contributed by atoms with Gasteiger partial charge in [-0.25, -0.2) is 0 Å². The van der Waals surface area contributed by atoms with Gasteiger partial charge in [-0.05, 0) is 24.6 Å². The first-order chi connectivity index (χ1) is 9.99. The van der Waals surface area contributed by atoms with Crippen molar-refractivity contribution in [1.82, 2.24) is 10.2 Å². The van der Waals surface area contributed by atoms with Crippen LogP contribution in [0.3, 0.4) is 0 Å². The van der Waals surface area contributed by atoms with Crippen LogP contribution in [0.5, 0.6) is 0 Å². The second kappa shape index (κ2) is 8.42. The molecule has 0 aliphatic heterocycles. The summed E-state index contributed by atoms with van der Waals surface area (Å²) in [6.45, 7) is 2.52. The highest BCUT2D eigenvalue weighted by atomic mass is 16.2. The molecule has 0 aliphatic carbocycles. The first kappa shape index (κ1) is 17.2. The lowest BCUT2D eigenvalue weighted by atomic mass is 10.1. The summed E-state index contributed by atoms with van der Waals surface area (Å²) in [5, 5.41) is 2.92. The maximum atomic E-state index is 12.2. The van der Waals surface area contributed by atoms with E-state index in [4.69, 9.17) is 5.73 Å². The van der Waals surface area contributed by atoms with Crippen molar-refractivity contribution in [3.8, 4) is 0 Å². The number of hydrogen-bond acceptors (Lipinski definition) is 3. The SMILES string of the molecule is CCCCC(CN)NC(=O)c1cccc(C(=O)N(C)C)c1. The molecule has 2 amide bonds. The van der Waals surface area contributed by atoms with Crippen molar-refractivity contribution < 1.29 is 9.59 Å². The Morgan fingerprint density at radius 3 is 2.52 bits per heavy atom. The summed E-state index contributed by atoms with van der Waals surface area (Å²) < 4.78 is 0. The molecular weight excluding hydrogens is 266 g/mol. The second-order valence-electron chi connectivity index (χ2n) is 5.33. The fourth-order valence-electron chi connectivity index (χ4n) is 2.02. The minimum Gasteiger partial charge on any atom is -0.348 e. The smallest absolute Gasteiger partial charge is 0.253 e. The molecule has 116 valence electrons. The molecule has 0 saturated heterocycles. The number of hydrogen-bond donors (Lipinski definition) is 2. The van der Waals surface area contributed by atoms with Crippen LogP contribution in [-0.4, -0.2) is 43.4 Å². The molecule has 3 N–H and O–H groups in total. The molecule has 1 atom stereocenters. The summed E-state index contributed by atoms with van der Waals surface area (Å²) in [6.07, 6.45) is 2.97. The van der Waals surface area contributed by atoms with Gasteiger partial charge in [-0.1, -0.05) is 25.8 Å². The van der Waals surface area contributed by atoms with Gasteiger partial charge in [-0.15, -0.1) is 0 Å². The van der Waals surface area contributed by atoms with E-state index in [0.29, 0.717) is 17.7 Å². The highest BCUT2D eigenvalue weighted by Gasteiger charge is 2.14. The van der Waals surface area contributed by atoms with E-state index in [-0.39, 0.29) is 17.9 Å². The van der Waals surface area contributed by atoms with Crippen molar-refractivity contribution in [3.63, 3.8) is 0 Å². The van der Waals surface area contributed by atoms with Crippen LogP contribution in [-0.2, 0) is 0 Å². The van der Waals surface area contributed by atoms with Crippen molar-refractivity contribution in [3.05, 3.63) is 35.4 Å². The molecule has 1 unspecified atom stereocenters. The van der Waals surface area contributed by atoms with Crippen molar-refractivity contribution in [1.29, 1.82) is 0 Å². The zero-order valence-electron chi connectivity index (χ0n) is 13.1. The Bertz CT molecular complexity index is 486. The Morgan fingerprint density at radius 2 is 1.95 bits per heavy atom. The van der Waals surface area contributed by atoms with E-state index < -0.39 is 0 Å². The Hall–Kier alpha value is -1.88. The summed E-state index contributed by atoms with van der Waals surface area (Å²) >= 11 is 0. The number of benzene rings is 1. The molecule has 5 heteroatoms. The number of carbonyl (C=O) groups is 2. The van der Waals surface area contributed by atoms with Crippen LogP contribution in [0.25, 0.3) is 0 Å². The fraction of sp³-hybridized carbons (Fsp3) is 0.500. The van der Waals surface area contributed by atoms with E-state index in [2.05, 4.69) is 12.2 Å². The highest BCUT2D eigenvalue weighted by molar-refractivity contribution is 5.99. The molecular formula is C16H25N3O2. The molecule has 0 saturated carbocycles. The molecule has 5 nitrogen and oxygen atoms in total. The van der Waals surface area contributed by atoms with Crippen LogP contribution >= 0.6 is 0 Å². The molecule has 0 spiro atoms. The quantitative estimate of drug-likeness (QED) is 0.802. The van der Waals surface area contributed by atoms with Crippen LogP contribution < -0.4 is 11.1 Å². The average molecular weight is 291 g/mol. The standard InChI is InChI=1S/C16H25N3O2/c1-4-5-9-14(11-17)18-15(20)12-7-6-8-13(10-12)16(21)19(2)3/h6-8,10,14H,4-5,9,11,17H2,1-3H3,(H,18,20). The lowest BCUT2D eigenvalue weighted by Gasteiger charge is -2.17. The zero-order chi connectivity index (χ0) is 15.8. The maximum absolute atomic E-state index is 12.2. The normalized spacial score (nSPS) is 11.8. The summed E-state index contributed by atoms with van der Waals surface area (Å²) in [5.41, 5.74) is 6.67. The first-order valence-corrected chi connectivity index (χ1v) is 7.32. The number of nitrogens with one attached hydrogen (secondary N) is 1. The second-order valence-corrected chi connectivity index (χ2v) is 5.33. The molecule has 0 heterocycles. The molecule has 0 fully saturated rings. The largest absolute Gasteiger partial charge is 0.348 e. The van der Waals surface area contributed by atoms with Crippen molar-refractivity contribution in [2.24, 2.45) is 5.73 Å². The molecule has 21 heavy (non-hydrogen) atoms. The van der Waals surface area contributed by atoms with Gasteiger partial charge in [-0.2, -0.15) is 0 Å². The Morgan fingerprint density at radius 1 is 1.29 bits per heavy atom. The molecule has 1 rings (SSSR count). The third-order valence-corrected chi connectivity index (χ3v) is 3.30. The highest BCUT2D eigenvalue weighted by Crippen LogP contribution is 2.08. The van der Waals surface area contributed by atoms with E-state index in [0.717, 1.165) is 19.3 Å². The molecule has 0 aliphatic rings. The summed E-state index contributed by atoms with van der Waals surface area (Å²) in [6, 6.07) is 6.72. The van der Waals surface area contributed by atoms with Gasteiger partial charge in [0.25, 0.3) is 11.8 Å². The van der Waals surface area contributed by atoms with Gasteiger partial charge < -0.3 is 16.0 Å². The third-order valence-electron chi connectivity index (χ3n) is 3.30. The van der Waals surface area contributed by atoms with E-state index in [9.17, 15) is 9.59 Å². The molecule has 1 aromatic carbocycles. The van der Waals surface area contributed by atoms with Gasteiger partial charge >= 0.3 is 0 Å². The number of amides is 2. The van der Waals surface area contributed by atoms with E-state index in [1.165, 1.54) is 4.90 Å². The summed E-state index contributed by atoms with van der Waals surface area (Å²) in [7, 11) is 3.37. The monoisotopic (exact) mass is 291 g/mol. The Labute approximate surface area is 126 Å². The van der Waals surface area contributed by atoms with E-state index >= 15 is 0 Å². The zero-order valence-corrected chi connectivity index (χ0v) is 13.1. The van der Waals surface area contributed by atoms with Gasteiger partial charge in [-0.3, -0.25) is 9.59 Å². The lowest BCUT2D eigenvalue weighted by Crippen LogP contribution is -2.40. The molecule has 0 bridgehead atoms. The Balaban J connectivity index is 2.78. The maximum Gasteiger partial charge on any atom is 0.253 e. The van der Waals surface area contributed by atoms with Gasteiger partial charge in [0, 0.05) is 37.8 Å². The van der Waals surface area contributed by atoms with E-state index in [1.807, 2.05) is 0 Å². The summed E-state index contributed by atoms with van der Waals surface area (Å²) in [4.78, 5) is 25.6. The fourth-order valence-corrected chi connectivity index (χ4v) is 2.02. The van der Waals surface area contributed by atoms with Crippen molar-refractivity contribution in [2.45, 2.75) is 32.2 Å². The van der Waals surface area contributed by atoms with Crippen LogP contribution in [0.4, 0.5) is 0 Å². The third kappa shape index (κ3) is 5.19. The number of nitrogens with two attached hydrogens (primary N) is 1. The number of carbonyl (C=O) groups excluding carboxylic acids is 2. The van der Waals surface area contributed by atoms with Crippen LogP contribution in [0.15, 0.2) is 24.3 Å². The van der Waals surface area contributed by atoms with Gasteiger partial charge in [0.15, 0.2) is 0 Å². The van der Waals surface area contributed by atoms with Crippen LogP contribution in [0, 0.1) is 0 Å². The van der Waals surface area contributed by atoms with Crippen molar-refractivity contribution >= 4 is 11.8 Å². The molecule has 0 aromatic heterocycles. The van der Waals surface area contributed by atoms with Gasteiger partial charge in [0.1, 0.15) is 0 Å². The first-order valence-electron chi connectivity index (χ1n) is 7.32. The average Bonchev–Trinajstić information content (AvgIpc) is 2.50. The van der Waals surface area contributed by atoms with Gasteiger partial charge in [0.05, 0.1) is 0 Å². The van der Waals surface area contributed by atoms with Gasteiger partial charge in [0.2, 0.25) is 0 Å². The predicted octanol–water partition coefficient (Wildman–Crippen LogP) is 1.64. The summed E-state index contributed by atoms with van der Waals surface area (Å²) in [5.74, 6) is -0.305. The molecule has 0 radical (unpaired) electrons. The van der Waals surface area contributed by atoms with E-state index in [1.54, 1.807) is 38.4 Å². The topological polar surface area (TPSA) is 75.4 Å². The molecule has 1 aromatic rings. The number of nitrogens with zero attached hydrogens (tertiary/aromatic N) is 1.